The second-order valence-corrected chi connectivity index (χ2v) is 8.18. The number of nitrogens with two attached hydrogens (primary N) is 1. The van der Waals surface area contributed by atoms with Gasteiger partial charge in [0.2, 0.25) is 0 Å². The van der Waals surface area contributed by atoms with Crippen LogP contribution in [0.4, 0.5) is 0 Å². The number of nitrogens with zero attached hydrogens (tertiary/aromatic N) is 4. The summed E-state index contributed by atoms with van der Waals surface area (Å²) in [6, 6.07) is 16.5. The minimum Gasteiger partial charge on any atom is -0.338 e. The minimum absolute atomic E-state index is 0.0434. The second kappa shape index (κ2) is 7.29. The maximum Gasteiger partial charge on any atom is 0.253 e. The molecule has 1 fully saturated rings. The van der Waals surface area contributed by atoms with Crippen molar-refractivity contribution in [3.05, 3.63) is 54.1 Å². The molecule has 154 valence electrons. The van der Waals surface area contributed by atoms with Gasteiger partial charge in [0.05, 0.1) is 16.7 Å². The third-order valence-corrected chi connectivity index (χ3v) is 6.23. The zero-order valence-corrected chi connectivity index (χ0v) is 17.5. The first-order valence-electron chi connectivity index (χ1n) is 10.7. The number of carbonyl (C=O) groups is 1. The zero-order valence-electron chi connectivity index (χ0n) is 17.5. The zero-order chi connectivity index (χ0) is 20.8. The van der Waals surface area contributed by atoms with Gasteiger partial charge in [0.15, 0.2) is 5.82 Å². The van der Waals surface area contributed by atoms with Gasteiger partial charge in [-0.3, -0.25) is 4.79 Å². The van der Waals surface area contributed by atoms with E-state index >= 15 is 0 Å². The molecule has 5 rings (SSSR count). The Morgan fingerprint density at radius 3 is 2.80 bits per heavy atom. The standard InChI is InChI=1S/C24H27N5O/c1-3-29-20-9-5-4-7-16(20)14-22(29)23-26-19-13-17(10-11-21(19)27(23)2)24(30)28-12-6-8-18(25)15-28/h4-5,7,9-11,13-14,18H,3,6,8,12,15,25H2,1-2H3/t18-/m1/s1. The Labute approximate surface area is 175 Å². The Morgan fingerprint density at radius 2 is 2.00 bits per heavy atom. The fraction of sp³-hybridized carbons (Fsp3) is 0.333. The van der Waals surface area contributed by atoms with Gasteiger partial charge in [-0.25, -0.2) is 4.98 Å². The summed E-state index contributed by atoms with van der Waals surface area (Å²) in [6.07, 6.45) is 1.95. The molecular weight excluding hydrogens is 374 g/mol. The highest BCUT2D eigenvalue weighted by atomic mass is 16.2. The molecule has 4 aromatic rings. The number of hydrogen-bond donors (Lipinski definition) is 1. The Hall–Kier alpha value is -3.12. The molecule has 2 aromatic carbocycles. The predicted molar refractivity (Wildman–Crippen MR) is 120 cm³/mol. The van der Waals surface area contributed by atoms with Crippen molar-refractivity contribution in [2.75, 3.05) is 13.1 Å². The normalized spacial score (nSPS) is 17.2. The molecule has 1 amide bonds. The number of aryl methyl sites for hydroxylation is 2. The maximum atomic E-state index is 13.0. The molecular formula is C24H27N5O. The number of benzene rings is 2. The summed E-state index contributed by atoms with van der Waals surface area (Å²) in [5, 5.41) is 1.21. The van der Waals surface area contributed by atoms with Crippen LogP contribution in [0, 0.1) is 0 Å². The van der Waals surface area contributed by atoms with Crippen molar-refractivity contribution in [2.45, 2.75) is 32.4 Å². The highest BCUT2D eigenvalue weighted by Gasteiger charge is 2.23. The molecule has 3 heterocycles. The molecule has 1 saturated heterocycles. The first-order chi connectivity index (χ1) is 14.6. The summed E-state index contributed by atoms with van der Waals surface area (Å²) >= 11 is 0. The molecule has 0 unspecified atom stereocenters. The van der Waals surface area contributed by atoms with Crippen molar-refractivity contribution in [1.29, 1.82) is 0 Å². The summed E-state index contributed by atoms with van der Waals surface area (Å²) in [6.45, 7) is 4.42. The summed E-state index contributed by atoms with van der Waals surface area (Å²) in [5.41, 5.74) is 10.9. The molecule has 0 saturated carbocycles. The molecule has 0 aliphatic carbocycles. The lowest BCUT2D eigenvalue weighted by molar-refractivity contribution is 0.0709. The Morgan fingerprint density at radius 1 is 1.17 bits per heavy atom. The van der Waals surface area contributed by atoms with Gasteiger partial charge >= 0.3 is 0 Å². The van der Waals surface area contributed by atoms with Gasteiger partial charge in [-0.2, -0.15) is 0 Å². The first kappa shape index (κ1) is 18.9. The average Bonchev–Trinajstić information content (AvgIpc) is 3.30. The largest absolute Gasteiger partial charge is 0.338 e. The molecule has 1 aliphatic rings. The molecule has 6 heteroatoms. The SMILES string of the molecule is CCn1c(-c2nc3cc(C(=O)N4CCC[C@@H](N)C4)ccc3n2C)cc2ccccc21. The lowest BCUT2D eigenvalue weighted by Crippen LogP contribution is -2.45. The van der Waals surface area contributed by atoms with Crippen LogP contribution in [0.1, 0.15) is 30.1 Å². The lowest BCUT2D eigenvalue weighted by Gasteiger charge is -2.30. The van der Waals surface area contributed by atoms with E-state index in [0.717, 1.165) is 48.5 Å². The third kappa shape index (κ3) is 2.99. The number of likely N-dealkylation sites (tertiary alicyclic amines) is 1. The number of aromatic nitrogens is 3. The topological polar surface area (TPSA) is 69.1 Å². The van der Waals surface area contributed by atoms with Crippen molar-refractivity contribution >= 4 is 27.8 Å². The van der Waals surface area contributed by atoms with Crippen molar-refractivity contribution in [3.63, 3.8) is 0 Å². The summed E-state index contributed by atoms with van der Waals surface area (Å²) in [5.74, 6) is 0.953. The van der Waals surface area contributed by atoms with Gasteiger partial charge < -0.3 is 19.8 Å². The molecule has 1 aliphatic heterocycles. The van der Waals surface area contributed by atoms with Gasteiger partial charge in [-0.05, 0) is 50.1 Å². The molecule has 2 N–H and O–H groups in total. The van der Waals surface area contributed by atoms with E-state index in [0.29, 0.717) is 12.1 Å². The van der Waals surface area contributed by atoms with Crippen LogP contribution in [-0.4, -0.2) is 44.1 Å². The van der Waals surface area contributed by atoms with E-state index in [9.17, 15) is 4.79 Å². The van der Waals surface area contributed by atoms with Gasteiger partial charge in [0.25, 0.3) is 5.91 Å². The van der Waals surface area contributed by atoms with E-state index in [1.54, 1.807) is 0 Å². The predicted octanol–water partition coefficient (Wildman–Crippen LogP) is 3.78. The number of para-hydroxylation sites is 1. The number of piperidine rings is 1. The lowest BCUT2D eigenvalue weighted by atomic mass is 10.1. The van der Waals surface area contributed by atoms with E-state index in [-0.39, 0.29) is 11.9 Å². The van der Waals surface area contributed by atoms with E-state index in [2.05, 4.69) is 46.4 Å². The summed E-state index contributed by atoms with van der Waals surface area (Å²) in [7, 11) is 2.04. The molecule has 2 aromatic heterocycles. The summed E-state index contributed by atoms with van der Waals surface area (Å²) < 4.78 is 4.40. The molecule has 0 bridgehead atoms. The van der Waals surface area contributed by atoms with Crippen LogP contribution >= 0.6 is 0 Å². The highest BCUT2D eigenvalue weighted by molar-refractivity contribution is 5.98. The van der Waals surface area contributed by atoms with Crippen LogP contribution in [0.25, 0.3) is 33.5 Å². The average molecular weight is 402 g/mol. The van der Waals surface area contributed by atoms with Crippen LogP contribution < -0.4 is 5.73 Å². The Kier molecular flexibility index (Phi) is 4.59. The number of rotatable bonds is 3. The van der Waals surface area contributed by atoms with Gasteiger partial charge in [0.1, 0.15) is 0 Å². The van der Waals surface area contributed by atoms with E-state index in [1.807, 2.05) is 30.1 Å². The maximum absolute atomic E-state index is 13.0. The van der Waals surface area contributed by atoms with Gasteiger partial charge in [0, 0.05) is 49.2 Å². The van der Waals surface area contributed by atoms with Crippen molar-refractivity contribution in [3.8, 4) is 11.5 Å². The Bertz CT molecular complexity index is 1250. The smallest absolute Gasteiger partial charge is 0.253 e. The fourth-order valence-corrected chi connectivity index (χ4v) is 4.68. The van der Waals surface area contributed by atoms with Crippen molar-refractivity contribution in [1.82, 2.24) is 19.0 Å². The second-order valence-electron chi connectivity index (χ2n) is 8.18. The molecule has 0 spiro atoms. The number of carbonyl (C=O) groups excluding carboxylic acids is 1. The first-order valence-corrected chi connectivity index (χ1v) is 10.7. The summed E-state index contributed by atoms with van der Waals surface area (Å²) in [4.78, 5) is 19.8. The molecule has 0 radical (unpaired) electrons. The quantitative estimate of drug-likeness (QED) is 0.568. The number of hydrogen-bond acceptors (Lipinski definition) is 3. The minimum atomic E-state index is 0.0434. The van der Waals surface area contributed by atoms with E-state index in [4.69, 9.17) is 10.7 Å². The van der Waals surface area contributed by atoms with Crippen LogP contribution in [0.5, 0.6) is 0 Å². The Balaban J connectivity index is 1.57. The molecule has 6 nitrogen and oxygen atoms in total. The highest BCUT2D eigenvalue weighted by Crippen LogP contribution is 2.30. The van der Waals surface area contributed by atoms with Crippen LogP contribution in [0.15, 0.2) is 48.5 Å². The van der Waals surface area contributed by atoms with E-state index < -0.39 is 0 Å². The van der Waals surface area contributed by atoms with Gasteiger partial charge in [-0.15, -0.1) is 0 Å². The molecule has 30 heavy (non-hydrogen) atoms. The van der Waals surface area contributed by atoms with Crippen LogP contribution in [0.3, 0.4) is 0 Å². The van der Waals surface area contributed by atoms with Crippen LogP contribution in [0.2, 0.25) is 0 Å². The van der Waals surface area contributed by atoms with Crippen molar-refractivity contribution in [2.24, 2.45) is 12.8 Å². The van der Waals surface area contributed by atoms with Crippen molar-refractivity contribution < 1.29 is 4.79 Å². The molecule has 1 atom stereocenters. The third-order valence-electron chi connectivity index (χ3n) is 6.23. The number of amides is 1. The number of fused-ring (bicyclic) bond motifs is 2. The van der Waals surface area contributed by atoms with E-state index in [1.165, 1.54) is 10.9 Å². The van der Waals surface area contributed by atoms with Crippen LogP contribution in [-0.2, 0) is 13.6 Å². The monoisotopic (exact) mass is 401 g/mol. The van der Waals surface area contributed by atoms with Gasteiger partial charge in [-0.1, -0.05) is 18.2 Å². The number of imidazole rings is 1. The fourth-order valence-electron chi connectivity index (χ4n) is 4.68.